The summed E-state index contributed by atoms with van der Waals surface area (Å²) in [5.74, 6) is -4.13. The van der Waals surface area contributed by atoms with Crippen LogP contribution in [-0.2, 0) is 12.4 Å². The third kappa shape index (κ3) is 3.26. The average molecular weight is 373 g/mol. The van der Waals surface area contributed by atoms with Crippen molar-refractivity contribution in [1.29, 1.82) is 0 Å². The van der Waals surface area contributed by atoms with E-state index in [2.05, 4.69) is 15.0 Å². The van der Waals surface area contributed by atoms with E-state index in [1.807, 2.05) is 0 Å². The summed E-state index contributed by atoms with van der Waals surface area (Å²) in [4.78, 5) is 8.93. The second-order valence-corrected chi connectivity index (χ2v) is 5.16. The molecule has 0 bridgehead atoms. The summed E-state index contributed by atoms with van der Waals surface area (Å²) < 4.78 is 82.8. The first-order valence-electron chi connectivity index (χ1n) is 7.08. The van der Waals surface area contributed by atoms with E-state index < -0.39 is 29.8 Å². The molecule has 4 nitrogen and oxygen atoms in total. The average Bonchev–Trinajstić information content (AvgIpc) is 2.59. The Balaban J connectivity index is 2.32. The summed E-state index contributed by atoms with van der Waals surface area (Å²) in [6.45, 7) is 0. The molecule has 0 radical (unpaired) electrons. The molecule has 1 aromatic heterocycles. The lowest BCUT2D eigenvalue weighted by Gasteiger charge is -2.13. The van der Waals surface area contributed by atoms with E-state index in [4.69, 9.17) is 4.74 Å². The van der Waals surface area contributed by atoms with Gasteiger partial charge >= 0.3 is 12.4 Å². The third-order valence-electron chi connectivity index (χ3n) is 3.49. The van der Waals surface area contributed by atoms with E-state index >= 15 is 0 Å². The number of nitrogens with zero attached hydrogens (tertiary/aromatic N) is 3. The second kappa shape index (κ2) is 6.11. The Kier molecular flexibility index (Phi) is 4.21. The summed E-state index contributed by atoms with van der Waals surface area (Å²) in [7, 11) is 1.40. The van der Waals surface area contributed by atoms with E-state index in [1.54, 1.807) is 18.2 Å². The highest BCUT2D eigenvalue weighted by Gasteiger charge is 2.41. The number of hydrogen-bond acceptors (Lipinski definition) is 4. The van der Waals surface area contributed by atoms with Crippen LogP contribution in [0.15, 0.2) is 36.4 Å². The normalized spacial score (nSPS) is 12.4. The van der Waals surface area contributed by atoms with Gasteiger partial charge in [0.05, 0.1) is 7.11 Å². The molecular formula is C16H9F6N3O. The SMILES string of the molecule is COc1ccc(-c2nc(C(F)(F)F)nc(C(F)(F)F)n2)c2ccccc12. The highest BCUT2D eigenvalue weighted by molar-refractivity contribution is 5.98. The second-order valence-electron chi connectivity index (χ2n) is 5.16. The molecule has 0 aliphatic carbocycles. The molecule has 0 saturated heterocycles. The monoisotopic (exact) mass is 373 g/mol. The number of alkyl halides is 6. The summed E-state index contributed by atoms with van der Waals surface area (Å²) >= 11 is 0. The fourth-order valence-electron chi connectivity index (χ4n) is 2.39. The maximum Gasteiger partial charge on any atom is 0.451 e. The highest BCUT2D eigenvalue weighted by atomic mass is 19.4. The van der Waals surface area contributed by atoms with Crippen LogP contribution in [0.1, 0.15) is 11.6 Å². The maximum atomic E-state index is 12.9. The molecule has 3 rings (SSSR count). The molecule has 0 unspecified atom stereocenters. The van der Waals surface area contributed by atoms with E-state index in [-0.39, 0.29) is 5.56 Å². The van der Waals surface area contributed by atoms with E-state index in [9.17, 15) is 26.3 Å². The van der Waals surface area contributed by atoms with Gasteiger partial charge < -0.3 is 4.74 Å². The van der Waals surface area contributed by atoms with Gasteiger partial charge in [0, 0.05) is 10.9 Å². The molecule has 0 fully saturated rings. The number of benzene rings is 2. The molecule has 136 valence electrons. The minimum Gasteiger partial charge on any atom is -0.496 e. The Bertz CT molecular complexity index is 936. The fraction of sp³-hybridized carbons (Fsp3) is 0.188. The molecule has 3 aromatic rings. The molecule has 2 aromatic carbocycles. The van der Waals surface area contributed by atoms with Crippen LogP contribution in [-0.4, -0.2) is 22.1 Å². The van der Waals surface area contributed by atoms with Crippen molar-refractivity contribution in [2.24, 2.45) is 0 Å². The van der Waals surface area contributed by atoms with E-state index in [0.717, 1.165) is 0 Å². The van der Waals surface area contributed by atoms with Crippen LogP contribution in [0.3, 0.4) is 0 Å². The van der Waals surface area contributed by atoms with E-state index in [0.29, 0.717) is 16.5 Å². The zero-order chi connectivity index (χ0) is 19.1. The molecule has 10 heteroatoms. The fourth-order valence-corrected chi connectivity index (χ4v) is 2.39. The lowest BCUT2D eigenvalue weighted by atomic mass is 10.0. The number of halogens is 6. The third-order valence-corrected chi connectivity index (χ3v) is 3.49. The molecule has 1 heterocycles. The Morgan fingerprint density at radius 3 is 1.77 bits per heavy atom. The van der Waals surface area contributed by atoms with E-state index in [1.165, 1.54) is 25.3 Å². The lowest BCUT2D eigenvalue weighted by Crippen LogP contribution is -2.19. The maximum absolute atomic E-state index is 12.9. The van der Waals surface area contributed by atoms with Crippen LogP contribution in [0.5, 0.6) is 5.75 Å². The van der Waals surface area contributed by atoms with Gasteiger partial charge in [0.2, 0.25) is 11.6 Å². The quantitative estimate of drug-likeness (QED) is 0.609. The van der Waals surface area contributed by atoms with Crippen molar-refractivity contribution in [3.8, 4) is 17.1 Å². The van der Waals surface area contributed by atoms with Crippen molar-refractivity contribution < 1.29 is 31.1 Å². The van der Waals surface area contributed by atoms with Gasteiger partial charge in [-0.2, -0.15) is 26.3 Å². The first kappa shape index (κ1) is 17.9. The number of fused-ring (bicyclic) bond motifs is 1. The van der Waals surface area contributed by atoms with Gasteiger partial charge in [-0.05, 0) is 17.5 Å². The van der Waals surface area contributed by atoms with Crippen molar-refractivity contribution in [2.45, 2.75) is 12.4 Å². The van der Waals surface area contributed by atoms with Gasteiger partial charge in [0.1, 0.15) is 5.75 Å². The zero-order valence-corrected chi connectivity index (χ0v) is 13.0. The molecule has 0 atom stereocenters. The molecule has 0 saturated carbocycles. The minimum atomic E-state index is -5.15. The number of methoxy groups -OCH3 is 1. The largest absolute Gasteiger partial charge is 0.496 e. The Labute approximate surface area is 142 Å². The Morgan fingerprint density at radius 1 is 0.731 bits per heavy atom. The van der Waals surface area contributed by atoms with Crippen LogP contribution in [0.25, 0.3) is 22.2 Å². The van der Waals surface area contributed by atoms with Crippen molar-refractivity contribution in [2.75, 3.05) is 7.11 Å². The van der Waals surface area contributed by atoms with Crippen LogP contribution in [0.2, 0.25) is 0 Å². The van der Waals surface area contributed by atoms with Crippen molar-refractivity contribution in [3.05, 3.63) is 48.0 Å². The molecule has 26 heavy (non-hydrogen) atoms. The van der Waals surface area contributed by atoms with Gasteiger partial charge in [0.15, 0.2) is 5.82 Å². The van der Waals surface area contributed by atoms with Crippen LogP contribution < -0.4 is 4.74 Å². The van der Waals surface area contributed by atoms with Crippen molar-refractivity contribution in [1.82, 2.24) is 15.0 Å². The summed E-state index contributed by atoms with van der Waals surface area (Å²) in [5.41, 5.74) is -0.000185. The van der Waals surface area contributed by atoms with Gasteiger partial charge in [-0.1, -0.05) is 24.3 Å². The first-order valence-corrected chi connectivity index (χ1v) is 7.08. The topological polar surface area (TPSA) is 47.9 Å². The minimum absolute atomic E-state index is 0.000185. The Morgan fingerprint density at radius 2 is 1.27 bits per heavy atom. The van der Waals surface area contributed by atoms with Crippen LogP contribution in [0.4, 0.5) is 26.3 Å². The first-order chi connectivity index (χ1) is 12.1. The molecular weight excluding hydrogens is 364 g/mol. The number of ether oxygens (including phenoxy) is 1. The van der Waals surface area contributed by atoms with Crippen LogP contribution >= 0.6 is 0 Å². The predicted octanol–water partition coefficient (Wildman–Crippen LogP) is 4.74. The number of rotatable bonds is 2. The highest BCUT2D eigenvalue weighted by Crippen LogP contribution is 2.36. The predicted molar refractivity (Wildman–Crippen MR) is 79.3 cm³/mol. The standard InChI is InChI=1S/C16H9F6N3O/c1-26-11-7-6-10(8-4-2-3-5-9(8)11)12-23-13(15(17,18)19)25-14(24-12)16(20,21)22/h2-7H,1H3. The van der Waals surface area contributed by atoms with Crippen molar-refractivity contribution in [3.63, 3.8) is 0 Å². The molecule has 0 amide bonds. The lowest BCUT2D eigenvalue weighted by molar-refractivity contribution is -0.155. The van der Waals surface area contributed by atoms with Gasteiger partial charge in [-0.25, -0.2) is 15.0 Å². The van der Waals surface area contributed by atoms with Gasteiger partial charge in [0.25, 0.3) is 0 Å². The molecule has 0 N–H and O–H groups in total. The summed E-state index contributed by atoms with van der Waals surface area (Å²) in [6.07, 6.45) is -10.3. The molecule has 0 spiro atoms. The molecule has 0 aliphatic rings. The number of hydrogen-bond donors (Lipinski definition) is 0. The van der Waals surface area contributed by atoms with Gasteiger partial charge in [-0.15, -0.1) is 0 Å². The summed E-state index contributed by atoms with van der Waals surface area (Å²) in [5, 5.41) is 0.842. The van der Waals surface area contributed by atoms with Gasteiger partial charge in [-0.3, -0.25) is 0 Å². The number of aromatic nitrogens is 3. The van der Waals surface area contributed by atoms with Crippen LogP contribution in [0, 0.1) is 0 Å². The Hall–Kier alpha value is -2.91. The zero-order valence-electron chi connectivity index (χ0n) is 13.0. The molecule has 0 aliphatic heterocycles. The summed E-state index contributed by atoms with van der Waals surface area (Å²) in [6, 6.07) is 9.11. The van der Waals surface area contributed by atoms with Crippen molar-refractivity contribution >= 4 is 10.8 Å². The smallest absolute Gasteiger partial charge is 0.451 e.